The maximum atomic E-state index is 2.49. The van der Waals surface area contributed by atoms with Crippen LogP contribution in [0.2, 0.25) is 0 Å². The molecule has 0 saturated heterocycles. The summed E-state index contributed by atoms with van der Waals surface area (Å²) in [5, 5.41) is 10.9. The van der Waals surface area contributed by atoms with E-state index in [1.807, 2.05) is 0 Å². The van der Waals surface area contributed by atoms with Crippen molar-refractivity contribution in [1.82, 2.24) is 9.13 Å². The van der Waals surface area contributed by atoms with Gasteiger partial charge in [-0.1, -0.05) is 182 Å². The van der Waals surface area contributed by atoms with E-state index in [1.54, 1.807) is 0 Å². The lowest BCUT2D eigenvalue weighted by Crippen LogP contribution is -2.03. The topological polar surface area (TPSA) is 9.86 Å². The van der Waals surface area contributed by atoms with Gasteiger partial charge in [0.25, 0.3) is 0 Å². The van der Waals surface area contributed by atoms with Crippen LogP contribution in [0.1, 0.15) is 44.5 Å². The van der Waals surface area contributed by atoms with Gasteiger partial charge >= 0.3 is 0 Å². The van der Waals surface area contributed by atoms with E-state index in [2.05, 4.69) is 240 Å². The Hall–Kier alpha value is -9.24. The smallest absolute Gasteiger partial charge is 0.0547 e. The highest BCUT2D eigenvalue weighted by Gasteiger charge is 2.28. The summed E-state index contributed by atoms with van der Waals surface area (Å²) in [6.45, 7) is 0. The zero-order chi connectivity index (χ0) is 48.2. The highest BCUT2D eigenvalue weighted by atomic mass is 15.0. The van der Waals surface area contributed by atoms with E-state index in [1.165, 1.54) is 166 Å². The fourth-order valence-corrected chi connectivity index (χ4v) is 14.2. The quantitative estimate of drug-likeness (QED) is 0.163. The molecule has 4 aliphatic rings. The minimum Gasteiger partial charge on any atom is -0.309 e. The normalized spacial score (nSPS) is 13.2. The second-order valence-corrected chi connectivity index (χ2v) is 21.0. The Morgan fingerprint density at radius 2 is 0.676 bits per heavy atom. The van der Waals surface area contributed by atoms with Gasteiger partial charge in [-0.3, -0.25) is 0 Å². The molecule has 0 unspecified atom stereocenters. The molecule has 0 radical (unpaired) electrons. The Labute approximate surface area is 428 Å². The maximum Gasteiger partial charge on any atom is 0.0547 e. The van der Waals surface area contributed by atoms with Gasteiger partial charge in [0.05, 0.1) is 22.1 Å². The average molecular weight is 939 g/mol. The van der Waals surface area contributed by atoms with Crippen molar-refractivity contribution in [3.05, 3.63) is 275 Å². The Bertz CT molecular complexity index is 4790. The van der Waals surface area contributed by atoms with E-state index in [0.717, 1.165) is 25.7 Å². The molecule has 0 aliphatic heterocycles. The first-order valence-electron chi connectivity index (χ1n) is 26.3. The molecular weight excluding hydrogens is 893 g/mol. The van der Waals surface area contributed by atoms with Crippen molar-refractivity contribution >= 4 is 65.2 Å². The van der Waals surface area contributed by atoms with Crippen LogP contribution in [-0.4, -0.2) is 9.13 Å². The highest BCUT2D eigenvalue weighted by molar-refractivity contribution is 6.18. The van der Waals surface area contributed by atoms with Gasteiger partial charge in [0.2, 0.25) is 0 Å². The molecule has 0 atom stereocenters. The summed E-state index contributed by atoms with van der Waals surface area (Å²) in [6, 6.07) is 86.1. The lowest BCUT2D eigenvalue weighted by atomic mass is 9.83. The number of hydrogen-bond acceptors (Lipinski definition) is 0. The third-order valence-electron chi connectivity index (χ3n) is 17.2. The molecule has 2 aromatic heterocycles. The van der Waals surface area contributed by atoms with Crippen LogP contribution in [0.25, 0.3) is 121 Å². The van der Waals surface area contributed by atoms with Gasteiger partial charge in [0, 0.05) is 32.9 Å². The van der Waals surface area contributed by atoms with Crippen LogP contribution < -0.4 is 0 Å². The fourth-order valence-electron chi connectivity index (χ4n) is 14.2. The van der Waals surface area contributed by atoms with Crippen LogP contribution in [0.3, 0.4) is 0 Å². The molecule has 74 heavy (non-hydrogen) atoms. The number of benzene rings is 12. The Morgan fingerprint density at radius 3 is 1.27 bits per heavy atom. The first kappa shape index (κ1) is 40.4. The molecule has 18 rings (SSSR count). The summed E-state index contributed by atoms with van der Waals surface area (Å²) >= 11 is 0. The maximum absolute atomic E-state index is 2.49. The van der Waals surface area contributed by atoms with E-state index in [0.29, 0.717) is 0 Å². The van der Waals surface area contributed by atoms with Crippen LogP contribution in [0.4, 0.5) is 0 Å². The molecule has 14 aromatic rings. The van der Waals surface area contributed by atoms with Gasteiger partial charge < -0.3 is 9.13 Å². The third kappa shape index (κ3) is 5.60. The number of rotatable bonds is 2. The van der Waals surface area contributed by atoms with Crippen LogP contribution in [0, 0.1) is 0 Å². The predicted molar refractivity (Wildman–Crippen MR) is 310 cm³/mol. The number of nitrogens with zero attached hydrogens (tertiary/aromatic N) is 2. The first-order valence-corrected chi connectivity index (χ1v) is 26.3. The van der Waals surface area contributed by atoms with Crippen molar-refractivity contribution in [2.75, 3.05) is 0 Å². The largest absolute Gasteiger partial charge is 0.309 e. The summed E-state index contributed by atoms with van der Waals surface area (Å²) in [5.74, 6) is 0. The molecule has 0 saturated carbocycles. The molecule has 2 heterocycles. The number of aromatic nitrogens is 2. The minimum absolute atomic E-state index is 0.997. The molecule has 344 valence electrons. The molecule has 0 spiro atoms. The second kappa shape index (κ2) is 15.1. The molecule has 2 nitrogen and oxygen atoms in total. The predicted octanol–water partition coefficient (Wildman–Crippen LogP) is 18.2. The Balaban J connectivity index is 0.000000122. The fraction of sp³-hybridized carbons (Fsp3) is 0.0556. The first-order chi connectivity index (χ1) is 36.7. The number of hydrogen-bond donors (Lipinski definition) is 0. The van der Waals surface area contributed by atoms with Gasteiger partial charge in [-0.25, -0.2) is 0 Å². The zero-order valence-electron chi connectivity index (χ0n) is 40.7. The van der Waals surface area contributed by atoms with Crippen LogP contribution in [0.15, 0.2) is 231 Å². The van der Waals surface area contributed by atoms with Gasteiger partial charge in [-0.15, -0.1) is 0 Å². The molecular formula is C72H46N2. The summed E-state index contributed by atoms with van der Waals surface area (Å²) in [5.41, 5.74) is 30.0. The number of para-hydroxylation sites is 2. The van der Waals surface area contributed by atoms with Crippen molar-refractivity contribution in [1.29, 1.82) is 0 Å². The van der Waals surface area contributed by atoms with Gasteiger partial charge in [-0.05, 0) is 185 Å². The van der Waals surface area contributed by atoms with Gasteiger partial charge in [0.15, 0.2) is 0 Å². The van der Waals surface area contributed by atoms with Crippen LogP contribution in [0.5, 0.6) is 0 Å². The standard InChI is InChI=1S/2C36H23N/c1-4-13-28-22(8-1)18-24-10-7-11-25-19-26(21-32(28)35(24)25)37-33-15-6-5-14-30(33)36-31-20-23-9-2-3-12-27(23)29(31)16-17-34(36)37;1-3-12-28-22(8-1)18-24-10-7-11-25-20-27(21-31(28)34(24)25)37-32-15-6-5-14-30(32)36-33(37)17-16-26-19-23-9-2-4-13-29(23)35(26)36/h1-17,19,21H,18,20H2;1-17,20-21H,18-19H2. The SMILES string of the molecule is c1ccc2c(c1)Cc1c-2ccc2c1c1ccccc1n2-c1cc2c3c(cccc3c1)Cc1ccccc1-2.c1ccc2c(c1)Cc1cccc3cc(-n4c5ccccc5c5c6c(ccc54)Cc4ccccc4-6)cc-2c13. The van der Waals surface area contributed by atoms with Gasteiger partial charge in [0.1, 0.15) is 0 Å². The van der Waals surface area contributed by atoms with Crippen molar-refractivity contribution in [2.24, 2.45) is 0 Å². The molecule has 12 aromatic carbocycles. The Morgan fingerprint density at radius 1 is 0.243 bits per heavy atom. The van der Waals surface area contributed by atoms with Crippen LogP contribution in [-0.2, 0) is 25.7 Å². The molecule has 0 amide bonds. The van der Waals surface area contributed by atoms with Crippen LogP contribution >= 0.6 is 0 Å². The third-order valence-corrected chi connectivity index (χ3v) is 17.2. The molecule has 4 aliphatic carbocycles. The summed E-state index contributed by atoms with van der Waals surface area (Å²) in [4.78, 5) is 0. The summed E-state index contributed by atoms with van der Waals surface area (Å²) in [6.07, 6.45) is 4.01. The van der Waals surface area contributed by atoms with E-state index in [4.69, 9.17) is 0 Å². The average Bonchev–Trinajstić information content (AvgIpc) is 4.21. The van der Waals surface area contributed by atoms with E-state index in [9.17, 15) is 0 Å². The monoisotopic (exact) mass is 938 g/mol. The van der Waals surface area contributed by atoms with E-state index >= 15 is 0 Å². The minimum atomic E-state index is 0.997. The number of fused-ring (bicyclic) bond motifs is 18. The molecule has 0 fully saturated rings. The lowest BCUT2D eigenvalue weighted by molar-refractivity contribution is 1.17. The van der Waals surface area contributed by atoms with Crippen molar-refractivity contribution in [3.8, 4) is 55.9 Å². The molecule has 2 heteroatoms. The van der Waals surface area contributed by atoms with Gasteiger partial charge in [-0.2, -0.15) is 0 Å². The zero-order valence-corrected chi connectivity index (χ0v) is 40.7. The van der Waals surface area contributed by atoms with Crippen molar-refractivity contribution in [2.45, 2.75) is 25.7 Å². The molecule has 0 N–H and O–H groups in total. The lowest BCUT2D eigenvalue weighted by Gasteiger charge is -2.22. The van der Waals surface area contributed by atoms with E-state index in [-0.39, 0.29) is 0 Å². The Kier molecular flexibility index (Phi) is 8.26. The summed E-state index contributed by atoms with van der Waals surface area (Å²) in [7, 11) is 0. The summed E-state index contributed by atoms with van der Waals surface area (Å²) < 4.78 is 4.99. The van der Waals surface area contributed by atoms with E-state index < -0.39 is 0 Å². The second-order valence-electron chi connectivity index (χ2n) is 21.0. The molecule has 0 bridgehead atoms. The van der Waals surface area contributed by atoms with Crippen molar-refractivity contribution in [3.63, 3.8) is 0 Å². The van der Waals surface area contributed by atoms with Crippen molar-refractivity contribution < 1.29 is 0 Å². The highest BCUT2D eigenvalue weighted by Crippen LogP contribution is 2.49.